The third kappa shape index (κ3) is 5.08. The van der Waals surface area contributed by atoms with Crippen molar-refractivity contribution in [3.8, 4) is 0 Å². The summed E-state index contributed by atoms with van der Waals surface area (Å²) in [5.74, 6) is 0.752. The Morgan fingerprint density at radius 2 is 2.14 bits per heavy atom. The maximum atomic E-state index is 13.5. The minimum absolute atomic E-state index is 0.143. The fourth-order valence-corrected chi connectivity index (χ4v) is 2.90. The summed E-state index contributed by atoms with van der Waals surface area (Å²) in [5, 5.41) is 3.56. The van der Waals surface area contributed by atoms with Gasteiger partial charge in [0.15, 0.2) is 0 Å². The van der Waals surface area contributed by atoms with Crippen LogP contribution in [0, 0.1) is 11.7 Å². The topological polar surface area (TPSA) is 15.3 Å². The lowest BCUT2D eigenvalue weighted by atomic mass is 10.0. The smallest absolute Gasteiger partial charge is 0.123 e. The van der Waals surface area contributed by atoms with Crippen LogP contribution in [0.5, 0.6) is 0 Å². The molecule has 1 fully saturated rings. The van der Waals surface area contributed by atoms with Gasteiger partial charge in [-0.3, -0.25) is 0 Å². The second kappa shape index (κ2) is 7.90. The van der Waals surface area contributed by atoms with Gasteiger partial charge >= 0.3 is 0 Å². The first-order chi connectivity index (χ1) is 10.1. The van der Waals surface area contributed by atoms with Crippen molar-refractivity contribution in [2.45, 2.75) is 51.6 Å². The van der Waals surface area contributed by atoms with E-state index in [9.17, 15) is 4.39 Å². The number of hydrogen-bond donors (Lipinski definition) is 1. The summed E-state index contributed by atoms with van der Waals surface area (Å²) in [6.45, 7) is 6.52. The van der Waals surface area contributed by atoms with Crippen LogP contribution in [0.4, 0.5) is 4.39 Å². The molecule has 0 radical (unpaired) electrons. The first-order valence-electron chi connectivity index (χ1n) is 8.31. The number of rotatable bonds is 9. The van der Waals surface area contributed by atoms with Crippen molar-refractivity contribution in [3.63, 3.8) is 0 Å². The quantitative estimate of drug-likeness (QED) is 0.740. The number of halogens is 1. The van der Waals surface area contributed by atoms with Crippen LogP contribution in [-0.2, 0) is 0 Å². The van der Waals surface area contributed by atoms with E-state index in [2.05, 4.69) is 31.1 Å². The van der Waals surface area contributed by atoms with E-state index < -0.39 is 0 Å². The first-order valence-corrected chi connectivity index (χ1v) is 8.31. The lowest BCUT2D eigenvalue weighted by molar-refractivity contribution is 0.222. The molecule has 1 aliphatic rings. The molecule has 1 N–H and O–H groups in total. The standard InChI is InChI=1S/C18H29FN2/c1-4-11-20-18(16-6-5-7-17(19)13-16)10-12-21(3)14(2)15-8-9-15/h5-7,13-15,18,20H,4,8-12H2,1-3H3. The number of hydrogen-bond acceptors (Lipinski definition) is 2. The van der Waals surface area contributed by atoms with Crippen LogP contribution in [0.15, 0.2) is 24.3 Å². The second-order valence-electron chi connectivity index (χ2n) is 6.41. The maximum absolute atomic E-state index is 13.5. The largest absolute Gasteiger partial charge is 0.310 e. The molecular formula is C18H29FN2. The highest BCUT2D eigenvalue weighted by atomic mass is 19.1. The van der Waals surface area contributed by atoms with Gasteiger partial charge in [-0.05, 0) is 76.4 Å². The molecule has 21 heavy (non-hydrogen) atoms. The van der Waals surface area contributed by atoms with Crippen LogP contribution in [-0.4, -0.2) is 31.1 Å². The molecule has 2 rings (SSSR count). The number of nitrogens with zero attached hydrogens (tertiary/aromatic N) is 1. The molecule has 2 unspecified atom stereocenters. The van der Waals surface area contributed by atoms with Crippen molar-refractivity contribution in [1.82, 2.24) is 10.2 Å². The van der Waals surface area contributed by atoms with Crippen LogP contribution in [0.1, 0.15) is 51.1 Å². The lowest BCUT2D eigenvalue weighted by Crippen LogP contribution is -2.34. The van der Waals surface area contributed by atoms with Gasteiger partial charge in [0.25, 0.3) is 0 Å². The van der Waals surface area contributed by atoms with Gasteiger partial charge in [0.1, 0.15) is 5.82 Å². The summed E-state index contributed by atoms with van der Waals surface area (Å²) in [4.78, 5) is 2.46. The lowest BCUT2D eigenvalue weighted by Gasteiger charge is -2.27. The van der Waals surface area contributed by atoms with Gasteiger partial charge in [-0.15, -0.1) is 0 Å². The normalized spacial score (nSPS) is 18.0. The van der Waals surface area contributed by atoms with Crippen molar-refractivity contribution in [2.75, 3.05) is 20.1 Å². The van der Waals surface area contributed by atoms with Crippen molar-refractivity contribution in [1.29, 1.82) is 0 Å². The summed E-state index contributed by atoms with van der Waals surface area (Å²) in [5.41, 5.74) is 1.07. The Labute approximate surface area is 128 Å². The molecule has 0 heterocycles. The molecule has 0 bridgehead atoms. The molecule has 1 aliphatic carbocycles. The van der Waals surface area contributed by atoms with Crippen LogP contribution in [0.25, 0.3) is 0 Å². The van der Waals surface area contributed by atoms with Crippen LogP contribution in [0.3, 0.4) is 0 Å². The summed E-state index contributed by atoms with van der Waals surface area (Å²) in [6.07, 6.45) is 4.89. The zero-order chi connectivity index (χ0) is 15.2. The Kier molecular flexibility index (Phi) is 6.19. The highest BCUT2D eigenvalue weighted by Gasteiger charge is 2.30. The van der Waals surface area contributed by atoms with Crippen molar-refractivity contribution in [3.05, 3.63) is 35.6 Å². The molecular weight excluding hydrogens is 263 g/mol. The van der Waals surface area contributed by atoms with Gasteiger partial charge in [0.2, 0.25) is 0 Å². The van der Waals surface area contributed by atoms with Gasteiger partial charge in [0, 0.05) is 12.1 Å². The molecule has 0 aromatic heterocycles. The molecule has 1 saturated carbocycles. The molecule has 0 saturated heterocycles. The van der Waals surface area contributed by atoms with Crippen LogP contribution >= 0.6 is 0 Å². The van der Waals surface area contributed by atoms with E-state index in [4.69, 9.17) is 0 Å². The third-order valence-electron chi connectivity index (χ3n) is 4.66. The molecule has 2 nitrogen and oxygen atoms in total. The molecule has 3 heteroatoms. The summed E-state index contributed by atoms with van der Waals surface area (Å²) < 4.78 is 13.5. The zero-order valence-electron chi connectivity index (χ0n) is 13.6. The van der Waals surface area contributed by atoms with E-state index >= 15 is 0 Å². The van der Waals surface area contributed by atoms with E-state index in [1.807, 2.05) is 12.1 Å². The Morgan fingerprint density at radius 3 is 2.76 bits per heavy atom. The number of nitrogens with one attached hydrogen (secondary N) is 1. The van der Waals surface area contributed by atoms with E-state index in [-0.39, 0.29) is 11.9 Å². The van der Waals surface area contributed by atoms with Crippen LogP contribution < -0.4 is 5.32 Å². The Balaban J connectivity index is 1.92. The Morgan fingerprint density at radius 1 is 1.38 bits per heavy atom. The van der Waals surface area contributed by atoms with Crippen molar-refractivity contribution >= 4 is 0 Å². The molecule has 1 aromatic rings. The van der Waals surface area contributed by atoms with Gasteiger partial charge < -0.3 is 10.2 Å². The minimum atomic E-state index is -0.143. The molecule has 0 amide bonds. The Hall–Kier alpha value is -0.930. The van der Waals surface area contributed by atoms with E-state index in [0.717, 1.165) is 37.4 Å². The number of benzene rings is 1. The van der Waals surface area contributed by atoms with Gasteiger partial charge in [-0.1, -0.05) is 19.1 Å². The summed E-state index contributed by atoms with van der Waals surface area (Å²) in [7, 11) is 2.21. The third-order valence-corrected chi connectivity index (χ3v) is 4.66. The predicted octanol–water partition coefficient (Wildman–Crippen LogP) is 3.99. The minimum Gasteiger partial charge on any atom is -0.310 e. The van der Waals surface area contributed by atoms with Crippen molar-refractivity contribution in [2.24, 2.45) is 5.92 Å². The van der Waals surface area contributed by atoms with Gasteiger partial charge in [0.05, 0.1) is 0 Å². The average Bonchev–Trinajstić information content (AvgIpc) is 3.31. The van der Waals surface area contributed by atoms with Crippen LogP contribution in [0.2, 0.25) is 0 Å². The fraction of sp³-hybridized carbons (Fsp3) is 0.667. The van der Waals surface area contributed by atoms with E-state index in [0.29, 0.717) is 6.04 Å². The van der Waals surface area contributed by atoms with E-state index in [1.165, 1.54) is 18.9 Å². The molecule has 1 aromatic carbocycles. The summed E-state index contributed by atoms with van der Waals surface area (Å²) >= 11 is 0. The molecule has 2 atom stereocenters. The van der Waals surface area contributed by atoms with Gasteiger partial charge in [-0.25, -0.2) is 4.39 Å². The average molecular weight is 292 g/mol. The second-order valence-corrected chi connectivity index (χ2v) is 6.41. The molecule has 118 valence electrons. The fourth-order valence-electron chi connectivity index (χ4n) is 2.90. The maximum Gasteiger partial charge on any atom is 0.123 e. The van der Waals surface area contributed by atoms with Crippen molar-refractivity contribution < 1.29 is 4.39 Å². The first kappa shape index (κ1) is 16.4. The predicted molar refractivity (Wildman–Crippen MR) is 86.9 cm³/mol. The monoisotopic (exact) mass is 292 g/mol. The van der Waals surface area contributed by atoms with E-state index in [1.54, 1.807) is 6.07 Å². The van der Waals surface area contributed by atoms with Gasteiger partial charge in [-0.2, -0.15) is 0 Å². The SMILES string of the molecule is CCCNC(CCN(C)C(C)C1CC1)c1cccc(F)c1. The zero-order valence-corrected chi connectivity index (χ0v) is 13.6. The Bertz CT molecular complexity index is 431. The molecule has 0 spiro atoms. The summed E-state index contributed by atoms with van der Waals surface area (Å²) in [6, 6.07) is 7.93. The molecule has 0 aliphatic heterocycles. The highest BCUT2D eigenvalue weighted by molar-refractivity contribution is 5.20. The highest BCUT2D eigenvalue weighted by Crippen LogP contribution is 2.34.